The summed E-state index contributed by atoms with van der Waals surface area (Å²) in [6.07, 6.45) is 1.56. The summed E-state index contributed by atoms with van der Waals surface area (Å²) in [5.41, 5.74) is 1.34. The molecule has 94 valence electrons. The zero-order valence-corrected chi connectivity index (χ0v) is 10.4. The lowest BCUT2D eigenvalue weighted by Crippen LogP contribution is -2.35. The quantitative estimate of drug-likeness (QED) is 0.799. The third kappa shape index (κ3) is 2.69. The van der Waals surface area contributed by atoms with E-state index in [9.17, 15) is 4.79 Å². The molecule has 1 saturated heterocycles. The molecule has 18 heavy (non-hydrogen) atoms. The van der Waals surface area contributed by atoms with Crippen molar-refractivity contribution in [2.24, 2.45) is 5.92 Å². The Morgan fingerprint density at radius 1 is 1.44 bits per heavy atom. The lowest BCUT2D eigenvalue weighted by Gasteiger charge is -2.26. The Labute approximate surface area is 107 Å². The van der Waals surface area contributed by atoms with Gasteiger partial charge in [0.25, 0.3) is 0 Å². The molecule has 0 N–H and O–H groups in total. The molecule has 1 heterocycles. The van der Waals surface area contributed by atoms with E-state index in [1.807, 2.05) is 6.07 Å². The van der Waals surface area contributed by atoms with Gasteiger partial charge in [-0.05, 0) is 31.0 Å². The number of carbonyl (C=O) groups excluding carboxylic acids is 1. The first-order chi connectivity index (χ1) is 8.72. The minimum Gasteiger partial charge on any atom is -0.381 e. The van der Waals surface area contributed by atoms with Gasteiger partial charge in [-0.2, -0.15) is 5.26 Å². The Morgan fingerprint density at radius 2 is 2.17 bits per heavy atom. The maximum Gasteiger partial charge on any atom is 0.230 e. The average Bonchev–Trinajstić information content (AvgIpc) is 2.46. The monoisotopic (exact) mass is 244 g/mol. The smallest absolute Gasteiger partial charge is 0.230 e. The van der Waals surface area contributed by atoms with Crippen LogP contribution in [0.2, 0.25) is 0 Å². The van der Waals surface area contributed by atoms with E-state index in [2.05, 4.69) is 6.07 Å². The van der Waals surface area contributed by atoms with Crippen LogP contribution in [-0.4, -0.2) is 26.2 Å². The van der Waals surface area contributed by atoms with Crippen molar-refractivity contribution in [2.75, 3.05) is 25.2 Å². The van der Waals surface area contributed by atoms with Crippen LogP contribution < -0.4 is 4.90 Å². The number of ether oxygens (including phenoxy) is 1. The predicted molar refractivity (Wildman–Crippen MR) is 68.1 cm³/mol. The second-order valence-corrected chi connectivity index (χ2v) is 4.45. The average molecular weight is 244 g/mol. The van der Waals surface area contributed by atoms with Crippen LogP contribution in [0.1, 0.15) is 18.4 Å². The summed E-state index contributed by atoms with van der Waals surface area (Å²) in [5.74, 6) is 0.142. The van der Waals surface area contributed by atoms with Gasteiger partial charge in [-0.3, -0.25) is 4.79 Å². The molecule has 0 bridgehead atoms. The summed E-state index contributed by atoms with van der Waals surface area (Å²) in [5, 5.41) is 8.86. The maximum atomic E-state index is 12.3. The highest BCUT2D eigenvalue weighted by Crippen LogP contribution is 2.21. The summed E-state index contributed by atoms with van der Waals surface area (Å²) >= 11 is 0. The number of anilines is 1. The fraction of sp³-hybridized carbons (Fsp3) is 0.429. The third-order valence-corrected chi connectivity index (χ3v) is 3.26. The van der Waals surface area contributed by atoms with Gasteiger partial charge in [-0.1, -0.05) is 6.07 Å². The van der Waals surface area contributed by atoms with Gasteiger partial charge in [-0.25, -0.2) is 0 Å². The van der Waals surface area contributed by atoms with Gasteiger partial charge in [0.1, 0.15) is 0 Å². The Hall–Kier alpha value is -1.86. The van der Waals surface area contributed by atoms with Gasteiger partial charge in [0, 0.05) is 31.9 Å². The molecule has 1 aliphatic heterocycles. The molecule has 0 atom stereocenters. The summed E-state index contributed by atoms with van der Waals surface area (Å²) in [6, 6.07) is 9.19. The van der Waals surface area contributed by atoms with E-state index in [0.29, 0.717) is 18.8 Å². The van der Waals surface area contributed by atoms with Gasteiger partial charge >= 0.3 is 0 Å². The largest absolute Gasteiger partial charge is 0.381 e. The number of rotatable bonds is 2. The predicted octanol–water partition coefficient (Wildman–Crippen LogP) is 1.95. The van der Waals surface area contributed by atoms with Crippen molar-refractivity contribution in [3.05, 3.63) is 29.8 Å². The molecule has 0 saturated carbocycles. The van der Waals surface area contributed by atoms with Crippen molar-refractivity contribution < 1.29 is 9.53 Å². The molecule has 0 spiro atoms. The first-order valence-corrected chi connectivity index (χ1v) is 6.08. The second-order valence-electron chi connectivity index (χ2n) is 4.45. The Morgan fingerprint density at radius 3 is 2.83 bits per heavy atom. The number of hydrogen-bond acceptors (Lipinski definition) is 3. The number of nitriles is 1. The van der Waals surface area contributed by atoms with Crippen LogP contribution in [0.4, 0.5) is 5.69 Å². The molecule has 0 radical (unpaired) electrons. The lowest BCUT2D eigenvalue weighted by molar-refractivity contribution is -0.124. The van der Waals surface area contributed by atoms with E-state index in [1.165, 1.54) is 0 Å². The van der Waals surface area contributed by atoms with Crippen molar-refractivity contribution in [1.29, 1.82) is 5.26 Å². The van der Waals surface area contributed by atoms with Gasteiger partial charge in [0.2, 0.25) is 5.91 Å². The zero-order valence-electron chi connectivity index (χ0n) is 10.4. The summed E-state index contributed by atoms with van der Waals surface area (Å²) in [4.78, 5) is 13.9. The lowest BCUT2D eigenvalue weighted by atomic mass is 9.98. The van der Waals surface area contributed by atoms with Crippen molar-refractivity contribution >= 4 is 11.6 Å². The van der Waals surface area contributed by atoms with Gasteiger partial charge in [0.15, 0.2) is 0 Å². The zero-order chi connectivity index (χ0) is 13.0. The summed E-state index contributed by atoms with van der Waals surface area (Å²) in [6.45, 7) is 1.31. The number of amides is 1. The van der Waals surface area contributed by atoms with E-state index in [0.717, 1.165) is 18.5 Å². The molecule has 1 aromatic rings. The summed E-state index contributed by atoms with van der Waals surface area (Å²) in [7, 11) is 1.76. The van der Waals surface area contributed by atoms with Gasteiger partial charge < -0.3 is 9.64 Å². The Bertz CT molecular complexity index is 473. The molecular formula is C14H16N2O2. The maximum absolute atomic E-state index is 12.3. The molecule has 0 aliphatic carbocycles. The van der Waals surface area contributed by atoms with Crippen molar-refractivity contribution in [2.45, 2.75) is 12.8 Å². The minimum absolute atomic E-state index is 0.0366. The third-order valence-electron chi connectivity index (χ3n) is 3.26. The fourth-order valence-corrected chi connectivity index (χ4v) is 2.13. The SMILES string of the molecule is CN(C(=O)C1CCOCC1)c1cccc(C#N)c1. The van der Waals surface area contributed by atoms with Crippen LogP contribution in [-0.2, 0) is 9.53 Å². The van der Waals surface area contributed by atoms with Crippen LogP contribution in [0.3, 0.4) is 0 Å². The van der Waals surface area contributed by atoms with Crippen LogP contribution in [0.25, 0.3) is 0 Å². The van der Waals surface area contributed by atoms with E-state index in [4.69, 9.17) is 10.00 Å². The van der Waals surface area contributed by atoms with E-state index < -0.39 is 0 Å². The highest BCUT2D eigenvalue weighted by Gasteiger charge is 2.25. The van der Waals surface area contributed by atoms with Gasteiger partial charge in [0.05, 0.1) is 11.6 Å². The molecule has 4 heteroatoms. The van der Waals surface area contributed by atoms with Crippen molar-refractivity contribution in [1.82, 2.24) is 0 Å². The number of nitrogens with zero attached hydrogens (tertiary/aromatic N) is 2. The van der Waals surface area contributed by atoms with Crippen molar-refractivity contribution in [3.63, 3.8) is 0 Å². The van der Waals surface area contributed by atoms with Gasteiger partial charge in [-0.15, -0.1) is 0 Å². The fourth-order valence-electron chi connectivity index (χ4n) is 2.13. The second kappa shape index (κ2) is 5.65. The number of hydrogen-bond donors (Lipinski definition) is 0. The van der Waals surface area contributed by atoms with Crippen LogP contribution in [0.15, 0.2) is 24.3 Å². The normalized spacial score (nSPS) is 16.0. The molecule has 0 unspecified atom stereocenters. The highest BCUT2D eigenvalue weighted by atomic mass is 16.5. The molecule has 2 rings (SSSR count). The number of carbonyl (C=O) groups is 1. The van der Waals surface area contributed by atoms with E-state index in [-0.39, 0.29) is 11.8 Å². The van der Waals surface area contributed by atoms with E-state index >= 15 is 0 Å². The highest BCUT2D eigenvalue weighted by molar-refractivity contribution is 5.94. The Balaban J connectivity index is 2.12. The van der Waals surface area contributed by atoms with Crippen LogP contribution in [0.5, 0.6) is 0 Å². The summed E-state index contributed by atoms with van der Waals surface area (Å²) < 4.78 is 5.26. The van der Waals surface area contributed by atoms with Crippen LogP contribution >= 0.6 is 0 Å². The molecule has 1 aliphatic rings. The standard InChI is InChI=1S/C14H16N2O2/c1-16(13-4-2-3-11(9-13)10-15)14(17)12-5-7-18-8-6-12/h2-4,9,12H,5-8H2,1H3. The molecule has 1 aromatic carbocycles. The number of benzene rings is 1. The van der Waals surface area contributed by atoms with E-state index in [1.54, 1.807) is 30.1 Å². The topological polar surface area (TPSA) is 53.3 Å². The van der Waals surface area contributed by atoms with Crippen molar-refractivity contribution in [3.8, 4) is 6.07 Å². The molecule has 4 nitrogen and oxygen atoms in total. The molecule has 0 aromatic heterocycles. The van der Waals surface area contributed by atoms with Crippen LogP contribution in [0, 0.1) is 17.2 Å². The molecule has 1 fully saturated rings. The minimum atomic E-state index is 0.0366. The first-order valence-electron chi connectivity index (χ1n) is 6.08. The molecule has 1 amide bonds. The first kappa shape index (κ1) is 12.6. The Kier molecular flexibility index (Phi) is 3.96. The molecular weight excluding hydrogens is 228 g/mol.